The summed E-state index contributed by atoms with van der Waals surface area (Å²) < 4.78 is 13.8. The lowest BCUT2D eigenvalue weighted by atomic mass is 10.1. The summed E-state index contributed by atoms with van der Waals surface area (Å²) in [6.45, 7) is 2.73. The molecule has 1 N–H and O–H groups in total. The third-order valence-electron chi connectivity index (χ3n) is 5.50. The molecule has 7 heteroatoms. The zero-order chi connectivity index (χ0) is 20.5. The van der Waals surface area contributed by atoms with E-state index >= 15 is 0 Å². The maximum atomic E-state index is 13.8. The van der Waals surface area contributed by atoms with E-state index in [4.69, 9.17) is 0 Å². The second kappa shape index (κ2) is 7.66. The topological polar surface area (TPSA) is 69.7 Å². The number of amides is 3. The van der Waals surface area contributed by atoms with Crippen LogP contribution in [0.25, 0.3) is 0 Å². The number of nitrogens with one attached hydrogen (secondary N) is 1. The molecule has 6 nitrogen and oxygen atoms in total. The molecule has 1 atom stereocenters. The van der Waals surface area contributed by atoms with Crippen LogP contribution in [0.2, 0.25) is 0 Å². The van der Waals surface area contributed by atoms with Crippen molar-refractivity contribution in [2.24, 2.45) is 5.92 Å². The Bertz CT molecular complexity index is 991. The van der Waals surface area contributed by atoms with E-state index in [1.165, 1.54) is 12.1 Å². The van der Waals surface area contributed by atoms with Gasteiger partial charge < -0.3 is 15.1 Å². The van der Waals surface area contributed by atoms with Gasteiger partial charge in [-0.15, -0.1) is 0 Å². The number of rotatable bonds is 4. The van der Waals surface area contributed by atoms with E-state index in [-0.39, 0.29) is 36.4 Å². The number of carbonyl (C=O) groups excluding carboxylic acids is 3. The van der Waals surface area contributed by atoms with Crippen LogP contribution in [0.5, 0.6) is 0 Å². The van der Waals surface area contributed by atoms with Crippen LogP contribution in [0.3, 0.4) is 0 Å². The van der Waals surface area contributed by atoms with Gasteiger partial charge in [0.15, 0.2) is 0 Å². The van der Waals surface area contributed by atoms with Gasteiger partial charge in [-0.25, -0.2) is 4.39 Å². The number of para-hydroxylation sites is 1. The van der Waals surface area contributed by atoms with Crippen molar-refractivity contribution in [1.29, 1.82) is 0 Å². The van der Waals surface area contributed by atoms with E-state index in [1.54, 1.807) is 21.9 Å². The summed E-state index contributed by atoms with van der Waals surface area (Å²) >= 11 is 0. The predicted molar refractivity (Wildman–Crippen MR) is 108 cm³/mol. The smallest absolute Gasteiger partial charge is 0.229 e. The van der Waals surface area contributed by atoms with Gasteiger partial charge in [-0.05, 0) is 42.3 Å². The highest BCUT2D eigenvalue weighted by Gasteiger charge is 2.36. The first kappa shape index (κ1) is 19.1. The Balaban J connectivity index is 1.48. The largest absolute Gasteiger partial charge is 0.323 e. The molecule has 3 amide bonds. The Kier molecular flexibility index (Phi) is 5.05. The summed E-state index contributed by atoms with van der Waals surface area (Å²) in [5, 5.41) is 2.57. The van der Waals surface area contributed by atoms with E-state index in [0.717, 1.165) is 23.4 Å². The highest BCUT2D eigenvalue weighted by Crippen LogP contribution is 2.34. The van der Waals surface area contributed by atoms with Gasteiger partial charge in [-0.2, -0.15) is 0 Å². The zero-order valence-corrected chi connectivity index (χ0v) is 16.2. The lowest BCUT2D eigenvalue weighted by molar-refractivity contribution is -0.122. The van der Waals surface area contributed by atoms with Gasteiger partial charge in [0.25, 0.3) is 0 Å². The number of carbonyl (C=O) groups is 3. The Morgan fingerprint density at radius 2 is 2.00 bits per heavy atom. The standard InChI is InChI=1S/C22H22FN3O3/c1-2-20(27)25-10-9-14-11-16(7-8-19(14)25)26-13-15(12-21(26)28)22(29)24-18-6-4-3-5-17(18)23/h3-8,11,15H,2,9-10,12-13H2,1H3,(H,24,29)/t15-/m0/s1. The molecule has 0 radical (unpaired) electrons. The average molecular weight is 395 g/mol. The van der Waals surface area contributed by atoms with Gasteiger partial charge in [0.2, 0.25) is 17.7 Å². The van der Waals surface area contributed by atoms with Gasteiger partial charge in [-0.3, -0.25) is 14.4 Å². The maximum absolute atomic E-state index is 13.8. The van der Waals surface area contributed by atoms with Crippen molar-refractivity contribution < 1.29 is 18.8 Å². The van der Waals surface area contributed by atoms with Crippen molar-refractivity contribution in [3.05, 3.63) is 53.8 Å². The summed E-state index contributed by atoms with van der Waals surface area (Å²) in [5.74, 6) is -1.48. The Hall–Kier alpha value is -3.22. The molecular weight excluding hydrogens is 373 g/mol. The fourth-order valence-electron chi connectivity index (χ4n) is 3.94. The lowest BCUT2D eigenvalue weighted by Crippen LogP contribution is -2.28. The number of hydrogen-bond acceptors (Lipinski definition) is 3. The van der Waals surface area contributed by atoms with Crippen LogP contribution in [0.15, 0.2) is 42.5 Å². The summed E-state index contributed by atoms with van der Waals surface area (Å²) in [7, 11) is 0. The van der Waals surface area contributed by atoms with Crippen molar-refractivity contribution in [3.8, 4) is 0 Å². The maximum Gasteiger partial charge on any atom is 0.229 e. The highest BCUT2D eigenvalue weighted by molar-refractivity contribution is 6.04. The van der Waals surface area contributed by atoms with Gasteiger partial charge in [0.05, 0.1) is 11.6 Å². The second-order valence-corrected chi connectivity index (χ2v) is 7.34. The summed E-state index contributed by atoms with van der Waals surface area (Å²) in [6.07, 6.45) is 1.27. The molecule has 4 rings (SSSR count). The molecule has 2 aliphatic rings. The van der Waals surface area contributed by atoms with Crippen molar-refractivity contribution >= 4 is 34.8 Å². The third-order valence-corrected chi connectivity index (χ3v) is 5.50. The van der Waals surface area contributed by atoms with Gasteiger partial charge in [0, 0.05) is 37.3 Å². The minimum atomic E-state index is -0.548. The molecule has 1 saturated heterocycles. The number of benzene rings is 2. The van der Waals surface area contributed by atoms with Crippen LogP contribution in [0.4, 0.5) is 21.5 Å². The molecule has 0 saturated carbocycles. The second-order valence-electron chi connectivity index (χ2n) is 7.34. The molecule has 2 heterocycles. The molecule has 1 fully saturated rings. The third kappa shape index (κ3) is 3.60. The van der Waals surface area contributed by atoms with Crippen LogP contribution in [0, 0.1) is 11.7 Å². The van der Waals surface area contributed by atoms with E-state index < -0.39 is 11.7 Å². The number of anilines is 3. The first-order chi connectivity index (χ1) is 14.0. The van der Waals surface area contributed by atoms with Crippen molar-refractivity contribution in [2.75, 3.05) is 28.2 Å². The van der Waals surface area contributed by atoms with Crippen molar-refractivity contribution in [3.63, 3.8) is 0 Å². The van der Waals surface area contributed by atoms with Crippen LogP contribution in [-0.4, -0.2) is 30.8 Å². The molecule has 29 heavy (non-hydrogen) atoms. The normalized spacial score (nSPS) is 18.1. The number of hydrogen-bond donors (Lipinski definition) is 1. The van der Waals surface area contributed by atoms with E-state index in [9.17, 15) is 18.8 Å². The SMILES string of the molecule is CCC(=O)N1CCc2cc(N3C[C@@H](C(=O)Nc4ccccc4F)CC3=O)ccc21. The van der Waals surface area contributed by atoms with Crippen molar-refractivity contribution in [1.82, 2.24) is 0 Å². The van der Waals surface area contributed by atoms with Crippen LogP contribution >= 0.6 is 0 Å². The highest BCUT2D eigenvalue weighted by atomic mass is 19.1. The summed E-state index contributed by atoms with van der Waals surface area (Å²) in [6, 6.07) is 11.6. The van der Waals surface area contributed by atoms with E-state index in [2.05, 4.69) is 5.32 Å². The molecule has 0 aliphatic carbocycles. The monoisotopic (exact) mass is 395 g/mol. The fourth-order valence-corrected chi connectivity index (χ4v) is 3.94. The molecule has 2 aromatic carbocycles. The molecule has 0 spiro atoms. The van der Waals surface area contributed by atoms with E-state index in [0.29, 0.717) is 13.0 Å². The number of nitrogens with zero attached hydrogens (tertiary/aromatic N) is 2. The summed E-state index contributed by atoms with van der Waals surface area (Å²) in [5.41, 5.74) is 2.75. The zero-order valence-electron chi connectivity index (χ0n) is 16.2. The molecule has 0 unspecified atom stereocenters. The van der Waals surface area contributed by atoms with Gasteiger partial charge in [0.1, 0.15) is 5.82 Å². The predicted octanol–water partition coefficient (Wildman–Crippen LogP) is 3.12. The Morgan fingerprint density at radius 1 is 1.21 bits per heavy atom. The Labute approximate surface area is 168 Å². The molecular formula is C22H22FN3O3. The molecule has 0 bridgehead atoms. The van der Waals surface area contributed by atoms with Crippen LogP contribution in [-0.2, 0) is 20.8 Å². The fraction of sp³-hybridized carbons (Fsp3) is 0.318. The average Bonchev–Trinajstić information content (AvgIpc) is 3.32. The van der Waals surface area contributed by atoms with Crippen LogP contribution < -0.4 is 15.1 Å². The first-order valence-electron chi connectivity index (χ1n) is 9.77. The minimum Gasteiger partial charge on any atom is -0.323 e. The van der Waals surface area contributed by atoms with Crippen molar-refractivity contribution in [2.45, 2.75) is 26.2 Å². The molecule has 2 aromatic rings. The molecule has 2 aliphatic heterocycles. The quantitative estimate of drug-likeness (QED) is 0.865. The summed E-state index contributed by atoms with van der Waals surface area (Å²) in [4.78, 5) is 40.5. The number of halogens is 1. The van der Waals surface area contributed by atoms with Crippen LogP contribution in [0.1, 0.15) is 25.3 Å². The number of fused-ring (bicyclic) bond motifs is 1. The van der Waals surface area contributed by atoms with E-state index in [1.807, 2.05) is 25.1 Å². The first-order valence-corrected chi connectivity index (χ1v) is 9.77. The minimum absolute atomic E-state index is 0.0812. The lowest BCUT2D eigenvalue weighted by Gasteiger charge is -2.20. The Morgan fingerprint density at radius 3 is 2.76 bits per heavy atom. The molecule has 150 valence electrons. The van der Waals surface area contributed by atoms with Gasteiger partial charge >= 0.3 is 0 Å². The molecule has 0 aromatic heterocycles. The van der Waals surface area contributed by atoms with Gasteiger partial charge in [-0.1, -0.05) is 19.1 Å².